The summed E-state index contributed by atoms with van der Waals surface area (Å²) in [7, 11) is 1.48. The van der Waals surface area contributed by atoms with Gasteiger partial charge in [-0.2, -0.15) is 13.2 Å². The fraction of sp³-hybridized carbons (Fsp3) is 0.600. The van der Waals surface area contributed by atoms with Crippen LogP contribution in [0, 0.1) is 11.3 Å². The highest BCUT2D eigenvalue weighted by molar-refractivity contribution is 5.91. The molecule has 1 atom stereocenters. The molecule has 2 aliphatic rings. The number of hydrogen-bond donors (Lipinski definition) is 2. The summed E-state index contributed by atoms with van der Waals surface area (Å²) in [4.78, 5) is 6.26. The fourth-order valence-corrected chi connectivity index (χ4v) is 5.04. The number of allylic oxidation sites excluding steroid dienone is 1. The lowest BCUT2D eigenvalue weighted by molar-refractivity contribution is -0.138. The van der Waals surface area contributed by atoms with E-state index < -0.39 is 11.7 Å². The second-order valence-electron chi connectivity index (χ2n) is 8.98. The van der Waals surface area contributed by atoms with Gasteiger partial charge in [0, 0.05) is 12.1 Å². The van der Waals surface area contributed by atoms with Crippen molar-refractivity contribution in [2.45, 2.75) is 76.9 Å². The van der Waals surface area contributed by atoms with Gasteiger partial charge >= 0.3 is 6.18 Å². The number of alkyl halides is 3. The minimum absolute atomic E-state index is 0.0639. The van der Waals surface area contributed by atoms with Gasteiger partial charge in [0.1, 0.15) is 6.04 Å². The standard InChI is InChI=1S/C25H35F3N4O/c1-3-21(31-23(33-2)22-10-7-15-32(22)24(29)30)19-14-13-18(20(16-19)25(26,27)28)12-11-17-8-5-4-6-9-17/h3,13-14,16-17,22H,4-12,15H2,1-2H3,(H3,29,30)/b21-3-,31-23-. The molecule has 0 bridgehead atoms. The first kappa shape index (κ1) is 25.1. The molecule has 3 rings (SSSR count). The average molecular weight is 465 g/mol. The molecule has 33 heavy (non-hydrogen) atoms. The molecule has 1 saturated heterocycles. The zero-order valence-corrected chi connectivity index (χ0v) is 19.5. The van der Waals surface area contributed by atoms with E-state index in [-0.39, 0.29) is 12.0 Å². The zero-order valence-electron chi connectivity index (χ0n) is 19.5. The number of guanidine groups is 1. The Labute approximate surface area is 194 Å². The molecule has 0 spiro atoms. The van der Waals surface area contributed by atoms with Crippen molar-refractivity contribution >= 4 is 17.6 Å². The molecule has 8 heteroatoms. The summed E-state index contributed by atoms with van der Waals surface area (Å²) in [5, 5.41) is 7.77. The maximum Gasteiger partial charge on any atom is 0.416 e. The predicted octanol–water partition coefficient (Wildman–Crippen LogP) is 5.98. The Kier molecular flexibility index (Phi) is 8.43. The predicted molar refractivity (Wildman–Crippen MR) is 126 cm³/mol. The Morgan fingerprint density at radius 1 is 1.21 bits per heavy atom. The van der Waals surface area contributed by atoms with Gasteiger partial charge < -0.3 is 15.4 Å². The van der Waals surface area contributed by atoms with E-state index in [1.54, 1.807) is 30.0 Å². The van der Waals surface area contributed by atoms with Crippen LogP contribution in [0.3, 0.4) is 0 Å². The van der Waals surface area contributed by atoms with Crippen LogP contribution in [0.1, 0.15) is 75.0 Å². The number of ether oxygens (including phenoxy) is 1. The van der Waals surface area contributed by atoms with Gasteiger partial charge in [0.05, 0.1) is 18.4 Å². The Balaban J connectivity index is 1.86. The summed E-state index contributed by atoms with van der Waals surface area (Å²) in [6.45, 7) is 2.37. The Bertz CT molecular complexity index is 888. The van der Waals surface area contributed by atoms with E-state index in [4.69, 9.17) is 15.9 Å². The molecule has 1 aromatic rings. The van der Waals surface area contributed by atoms with Gasteiger partial charge in [-0.05, 0) is 50.2 Å². The molecule has 1 saturated carbocycles. The van der Waals surface area contributed by atoms with Crippen molar-refractivity contribution in [3.05, 3.63) is 41.0 Å². The summed E-state index contributed by atoms with van der Waals surface area (Å²) in [5.74, 6) is 0.812. The molecule has 0 aromatic heterocycles. The number of nitrogens with one attached hydrogen (secondary N) is 1. The van der Waals surface area contributed by atoms with Crippen LogP contribution in [0.5, 0.6) is 0 Å². The molecule has 0 radical (unpaired) electrons. The van der Waals surface area contributed by atoms with Gasteiger partial charge in [-0.1, -0.05) is 50.3 Å². The second-order valence-corrected chi connectivity index (χ2v) is 8.98. The van der Waals surface area contributed by atoms with Crippen LogP contribution in [0.25, 0.3) is 5.70 Å². The van der Waals surface area contributed by atoms with Crippen LogP contribution in [-0.2, 0) is 17.3 Å². The minimum atomic E-state index is -4.43. The fourth-order valence-electron chi connectivity index (χ4n) is 5.04. The van der Waals surface area contributed by atoms with Crippen LogP contribution < -0.4 is 5.73 Å². The number of halogens is 3. The van der Waals surface area contributed by atoms with Gasteiger partial charge in [-0.25, -0.2) is 4.99 Å². The number of methoxy groups -OCH3 is 1. The molecule has 1 heterocycles. The maximum atomic E-state index is 14.0. The number of rotatable bonds is 6. The Morgan fingerprint density at radius 3 is 2.55 bits per heavy atom. The summed E-state index contributed by atoms with van der Waals surface area (Å²) >= 11 is 0. The van der Waals surface area contributed by atoms with Crippen LogP contribution >= 0.6 is 0 Å². The lowest BCUT2D eigenvalue weighted by Gasteiger charge is -2.25. The Morgan fingerprint density at radius 2 is 1.94 bits per heavy atom. The first-order valence-electron chi connectivity index (χ1n) is 11.8. The normalized spacial score (nSPS) is 20.9. The van der Waals surface area contributed by atoms with Crippen LogP contribution in [0.2, 0.25) is 0 Å². The smallest absolute Gasteiger partial charge is 0.416 e. The summed E-state index contributed by atoms with van der Waals surface area (Å²) in [5.41, 5.74) is 6.25. The van der Waals surface area contributed by atoms with Crippen molar-refractivity contribution in [1.82, 2.24) is 4.90 Å². The molecule has 2 fully saturated rings. The van der Waals surface area contributed by atoms with E-state index in [1.165, 1.54) is 32.4 Å². The zero-order chi connectivity index (χ0) is 24.0. The lowest BCUT2D eigenvalue weighted by atomic mass is 9.84. The topological polar surface area (TPSA) is 74.7 Å². The molecule has 1 aliphatic heterocycles. The van der Waals surface area contributed by atoms with E-state index in [9.17, 15) is 13.2 Å². The van der Waals surface area contributed by atoms with Crippen molar-refractivity contribution in [1.29, 1.82) is 5.41 Å². The summed E-state index contributed by atoms with van der Waals surface area (Å²) in [6.07, 6.45) is 5.89. The monoisotopic (exact) mass is 464 g/mol. The van der Waals surface area contributed by atoms with Crippen LogP contribution in [0.15, 0.2) is 29.3 Å². The third-order valence-corrected chi connectivity index (χ3v) is 6.82. The van der Waals surface area contributed by atoms with Gasteiger partial charge in [0.2, 0.25) is 5.90 Å². The van der Waals surface area contributed by atoms with Crippen LogP contribution in [-0.4, -0.2) is 36.5 Å². The number of likely N-dealkylation sites (tertiary alicyclic amines) is 1. The molecular weight excluding hydrogens is 429 g/mol. The number of benzene rings is 1. The molecule has 3 N–H and O–H groups in total. The highest BCUT2D eigenvalue weighted by Gasteiger charge is 2.34. The van der Waals surface area contributed by atoms with E-state index in [2.05, 4.69) is 4.99 Å². The van der Waals surface area contributed by atoms with E-state index in [0.29, 0.717) is 41.6 Å². The Hall–Kier alpha value is -2.51. The first-order chi connectivity index (χ1) is 15.7. The number of hydrogen-bond acceptors (Lipinski definition) is 3. The van der Waals surface area contributed by atoms with Crippen molar-refractivity contribution in [2.24, 2.45) is 16.6 Å². The quantitative estimate of drug-likeness (QED) is 0.402. The summed E-state index contributed by atoms with van der Waals surface area (Å²) < 4.78 is 47.3. The van der Waals surface area contributed by atoms with Gasteiger partial charge in [-0.15, -0.1) is 0 Å². The lowest BCUT2D eigenvalue weighted by Crippen LogP contribution is -2.44. The average Bonchev–Trinajstić information content (AvgIpc) is 3.29. The van der Waals surface area contributed by atoms with E-state index in [1.807, 2.05) is 0 Å². The van der Waals surface area contributed by atoms with Crippen molar-refractivity contribution in [3.8, 4) is 0 Å². The number of aryl methyl sites for hydroxylation is 1. The SMILES string of the molecule is C/C=C(\N=C(/OC)C1CCCN1C(=N)N)c1ccc(CCC2CCCCC2)c(C(F)(F)F)c1. The highest BCUT2D eigenvalue weighted by Crippen LogP contribution is 2.36. The largest absolute Gasteiger partial charge is 0.483 e. The van der Waals surface area contributed by atoms with Crippen LogP contribution in [0.4, 0.5) is 13.2 Å². The number of nitrogens with zero attached hydrogens (tertiary/aromatic N) is 2. The molecule has 5 nitrogen and oxygen atoms in total. The van der Waals surface area contributed by atoms with Crippen molar-refractivity contribution < 1.29 is 17.9 Å². The minimum Gasteiger partial charge on any atom is -0.483 e. The third-order valence-electron chi connectivity index (χ3n) is 6.82. The highest BCUT2D eigenvalue weighted by atomic mass is 19.4. The van der Waals surface area contributed by atoms with Gasteiger partial charge in [0.25, 0.3) is 0 Å². The third kappa shape index (κ3) is 6.30. The number of aliphatic imine (C=N–C) groups is 1. The number of nitrogens with two attached hydrogens (primary N) is 1. The second kappa shape index (κ2) is 11.1. The molecule has 1 aromatic carbocycles. The van der Waals surface area contributed by atoms with Gasteiger partial charge in [-0.3, -0.25) is 5.41 Å². The maximum absolute atomic E-state index is 14.0. The van der Waals surface area contributed by atoms with Crippen molar-refractivity contribution in [3.63, 3.8) is 0 Å². The van der Waals surface area contributed by atoms with E-state index in [0.717, 1.165) is 32.1 Å². The molecule has 182 valence electrons. The van der Waals surface area contributed by atoms with Gasteiger partial charge in [0.15, 0.2) is 5.96 Å². The molecular formula is C25H35F3N4O. The van der Waals surface area contributed by atoms with E-state index >= 15 is 0 Å². The van der Waals surface area contributed by atoms with Crippen molar-refractivity contribution in [2.75, 3.05) is 13.7 Å². The summed E-state index contributed by atoms with van der Waals surface area (Å²) in [6, 6.07) is 4.23. The first-order valence-corrected chi connectivity index (χ1v) is 11.8. The molecule has 0 amide bonds. The molecule has 1 unspecified atom stereocenters. The molecule has 1 aliphatic carbocycles.